The Morgan fingerprint density at radius 3 is 2.86 bits per heavy atom. The largest absolute Gasteiger partial charge is 0.389 e. The lowest BCUT2D eigenvalue weighted by Gasteiger charge is -2.22. The SMILES string of the molecule is O=C(Nc1cccc(CCC(F)(F)F)c1)C1CCCNC1. The monoisotopic (exact) mass is 300 g/mol. The number of piperidine rings is 1. The quantitative estimate of drug-likeness (QED) is 0.897. The van der Waals surface area contributed by atoms with E-state index in [1.165, 1.54) is 0 Å². The molecule has 0 aromatic heterocycles. The van der Waals surface area contributed by atoms with E-state index in [-0.39, 0.29) is 18.2 Å². The van der Waals surface area contributed by atoms with Crippen LogP contribution in [0, 0.1) is 5.92 Å². The van der Waals surface area contributed by atoms with Gasteiger partial charge in [-0.25, -0.2) is 0 Å². The van der Waals surface area contributed by atoms with Gasteiger partial charge in [-0.2, -0.15) is 13.2 Å². The number of rotatable bonds is 4. The fourth-order valence-electron chi connectivity index (χ4n) is 2.41. The molecular weight excluding hydrogens is 281 g/mol. The summed E-state index contributed by atoms with van der Waals surface area (Å²) in [4.78, 5) is 12.1. The van der Waals surface area contributed by atoms with Crippen molar-refractivity contribution in [1.29, 1.82) is 0 Å². The van der Waals surface area contributed by atoms with E-state index < -0.39 is 12.6 Å². The molecule has 2 N–H and O–H groups in total. The van der Waals surface area contributed by atoms with Gasteiger partial charge in [-0.15, -0.1) is 0 Å². The number of hydrogen-bond donors (Lipinski definition) is 2. The van der Waals surface area contributed by atoms with Crippen molar-refractivity contribution in [2.24, 2.45) is 5.92 Å². The Morgan fingerprint density at radius 1 is 1.38 bits per heavy atom. The molecule has 1 atom stereocenters. The summed E-state index contributed by atoms with van der Waals surface area (Å²) >= 11 is 0. The van der Waals surface area contributed by atoms with Gasteiger partial charge in [0.2, 0.25) is 5.91 Å². The van der Waals surface area contributed by atoms with Crippen LogP contribution >= 0.6 is 0 Å². The third-order valence-corrected chi connectivity index (χ3v) is 3.56. The van der Waals surface area contributed by atoms with Crippen molar-refractivity contribution in [3.63, 3.8) is 0 Å². The van der Waals surface area contributed by atoms with Crippen molar-refractivity contribution in [2.45, 2.75) is 31.9 Å². The first-order valence-corrected chi connectivity index (χ1v) is 7.11. The van der Waals surface area contributed by atoms with Gasteiger partial charge < -0.3 is 10.6 Å². The minimum atomic E-state index is -4.16. The second-order valence-corrected chi connectivity index (χ2v) is 5.35. The van der Waals surface area contributed by atoms with Crippen LogP contribution in [0.25, 0.3) is 0 Å². The van der Waals surface area contributed by atoms with Crippen LogP contribution in [0.4, 0.5) is 18.9 Å². The molecule has 3 nitrogen and oxygen atoms in total. The van der Waals surface area contributed by atoms with Crippen LogP contribution in [-0.4, -0.2) is 25.2 Å². The van der Waals surface area contributed by atoms with E-state index in [0.29, 0.717) is 17.8 Å². The van der Waals surface area contributed by atoms with Crippen LogP contribution < -0.4 is 10.6 Å². The van der Waals surface area contributed by atoms with Crippen molar-refractivity contribution in [1.82, 2.24) is 5.32 Å². The molecule has 0 radical (unpaired) electrons. The van der Waals surface area contributed by atoms with Crippen molar-refractivity contribution < 1.29 is 18.0 Å². The number of anilines is 1. The Hall–Kier alpha value is -1.56. The Kier molecular flexibility index (Phi) is 5.22. The van der Waals surface area contributed by atoms with Crippen LogP contribution in [-0.2, 0) is 11.2 Å². The third-order valence-electron chi connectivity index (χ3n) is 3.56. The van der Waals surface area contributed by atoms with Crippen LogP contribution in [0.3, 0.4) is 0 Å². The molecule has 1 aliphatic rings. The molecule has 21 heavy (non-hydrogen) atoms. The summed E-state index contributed by atoms with van der Waals surface area (Å²) in [5.41, 5.74) is 1.14. The molecule has 1 amide bonds. The maximum absolute atomic E-state index is 12.2. The molecule has 1 fully saturated rings. The summed E-state index contributed by atoms with van der Waals surface area (Å²) in [5.74, 6) is -0.146. The molecule has 2 rings (SSSR count). The van der Waals surface area contributed by atoms with E-state index in [0.717, 1.165) is 19.4 Å². The summed E-state index contributed by atoms with van der Waals surface area (Å²) in [6.07, 6.45) is -3.28. The highest BCUT2D eigenvalue weighted by atomic mass is 19.4. The smallest absolute Gasteiger partial charge is 0.326 e. The van der Waals surface area contributed by atoms with Gasteiger partial charge >= 0.3 is 6.18 Å². The zero-order chi connectivity index (χ0) is 15.3. The van der Waals surface area contributed by atoms with E-state index >= 15 is 0 Å². The van der Waals surface area contributed by atoms with Gasteiger partial charge in [0.05, 0.1) is 5.92 Å². The van der Waals surface area contributed by atoms with Gasteiger partial charge in [-0.05, 0) is 43.5 Å². The topological polar surface area (TPSA) is 41.1 Å². The Labute approximate surface area is 121 Å². The van der Waals surface area contributed by atoms with Gasteiger partial charge in [-0.1, -0.05) is 12.1 Å². The molecule has 1 saturated heterocycles. The van der Waals surface area contributed by atoms with Gasteiger partial charge in [-0.3, -0.25) is 4.79 Å². The number of hydrogen-bond acceptors (Lipinski definition) is 2. The van der Waals surface area contributed by atoms with Gasteiger partial charge in [0.25, 0.3) is 0 Å². The number of aryl methyl sites for hydroxylation is 1. The number of amides is 1. The maximum atomic E-state index is 12.2. The fourth-order valence-corrected chi connectivity index (χ4v) is 2.41. The van der Waals surface area contributed by atoms with E-state index in [1.54, 1.807) is 24.3 Å². The molecule has 0 saturated carbocycles. The lowest BCUT2D eigenvalue weighted by atomic mass is 9.98. The summed E-state index contributed by atoms with van der Waals surface area (Å²) in [7, 11) is 0. The third kappa shape index (κ3) is 5.38. The molecular formula is C15H19F3N2O. The van der Waals surface area contributed by atoms with Gasteiger partial charge in [0, 0.05) is 18.7 Å². The molecule has 1 aromatic rings. The summed E-state index contributed by atoms with van der Waals surface area (Å²) in [6.45, 7) is 1.58. The highest BCUT2D eigenvalue weighted by molar-refractivity contribution is 5.92. The first-order valence-electron chi connectivity index (χ1n) is 7.11. The number of halogens is 3. The second-order valence-electron chi connectivity index (χ2n) is 5.35. The van der Waals surface area contributed by atoms with E-state index in [2.05, 4.69) is 10.6 Å². The molecule has 1 aliphatic heterocycles. The lowest BCUT2D eigenvalue weighted by molar-refractivity contribution is -0.134. The number of benzene rings is 1. The zero-order valence-corrected chi connectivity index (χ0v) is 11.7. The van der Waals surface area contributed by atoms with Crippen molar-refractivity contribution in [3.05, 3.63) is 29.8 Å². The summed E-state index contributed by atoms with van der Waals surface area (Å²) in [5, 5.41) is 5.95. The number of alkyl halides is 3. The van der Waals surface area contributed by atoms with E-state index in [1.807, 2.05) is 0 Å². The first kappa shape index (κ1) is 15.8. The van der Waals surface area contributed by atoms with Gasteiger partial charge in [0.1, 0.15) is 0 Å². The molecule has 0 spiro atoms. The van der Waals surface area contributed by atoms with Crippen molar-refractivity contribution >= 4 is 11.6 Å². The zero-order valence-electron chi connectivity index (χ0n) is 11.7. The van der Waals surface area contributed by atoms with Gasteiger partial charge in [0.15, 0.2) is 0 Å². The maximum Gasteiger partial charge on any atom is 0.389 e. The van der Waals surface area contributed by atoms with Crippen LogP contribution in [0.1, 0.15) is 24.8 Å². The Balaban J connectivity index is 1.92. The van der Waals surface area contributed by atoms with Crippen molar-refractivity contribution in [3.8, 4) is 0 Å². The predicted octanol–water partition coefficient (Wildman–Crippen LogP) is 3.12. The van der Waals surface area contributed by atoms with E-state index in [9.17, 15) is 18.0 Å². The molecule has 0 bridgehead atoms. The van der Waals surface area contributed by atoms with Crippen LogP contribution in [0.5, 0.6) is 0 Å². The highest BCUT2D eigenvalue weighted by Crippen LogP contribution is 2.23. The summed E-state index contributed by atoms with van der Waals surface area (Å²) < 4.78 is 36.7. The number of nitrogens with one attached hydrogen (secondary N) is 2. The fraction of sp³-hybridized carbons (Fsp3) is 0.533. The standard InChI is InChI=1S/C15H19F3N2O/c16-15(17,18)7-6-11-3-1-5-13(9-11)20-14(21)12-4-2-8-19-10-12/h1,3,5,9,12,19H,2,4,6-8,10H2,(H,20,21). The average Bonchev–Trinajstić information content (AvgIpc) is 2.46. The minimum absolute atomic E-state index is 0.0712. The second kappa shape index (κ2) is 6.93. The molecule has 1 aromatic carbocycles. The highest BCUT2D eigenvalue weighted by Gasteiger charge is 2.26. The van der Waals surface area contributed by atoms with Crippen molar-refractivity contribution in [2.75, 3.05) is 18.4 Å². The molecule has 6 heteroatoms. The first-order chi connectivity index (χ1) is 9.94. The minimum Gasteiger partial charge on any atom is -0.326 e. The van der Waals surface area contributed by atoms with Crippen LogP contribution in [0.2, 0.25) is 0 Å². The predicted molar refractivity (Wildman–Crippen MR) is 75.0 cm³/mol. The molecule has 116 valence electrons. The average molecular weight is 300 g/mol. The molecule has 0 aliphatic carbocycles. The normalized spacial score (nSPS) is 19.3. The molecule has 1 unspecified atom stereocenters. The lowest BCUT2D eigenvalue weighted by Crippen LogP contribution is -2.37. The Morgan fingerprint density at radius 2 is 2.19 bits per heavy atom. The van der Waals surface area contributed by atoms with Crippen LogP contribution in [0.15, 0.2) is 24.3 Å². The summed E-state index contributed by atoms with van der Waals surface area (Å²) in [6, 6.07) is 6.62. The number of carbonyl (C=O) groups excluding carboxylic acids is 1. The Bertz CT molecular complexity index is 482. The molecule has 1 heterocycles. The number of carbonyl (C=O) groups is 1. The van der Waals surface area contributed by atoms with E-state index in [4.69, 9.17) is 0 Å².